The van der Waals surface area contributed by atoms with E-state index in [0.29, 0.717) is 38.5 Å². The van der Waals surface area contributed by atoms with Crippen molar-refractivity contribution in [1.82, 2.24) is 19.6 Å². The molecule has 0 bridgehead atoms. The van der Waals surface area contributed by atoms with Crippen molar-refractivity contribution in [2.24, 2.45) is 0 Å². The van der Waals surface area contributed by atoms with Gasteiger partial charge < -0.3 is 29.7 Å². The molecule has 0 unspecified atom stereocenters. The number of para-hydroxylation sites is 1. The monoisotopic (exact) mass is 483 g/mol. The van der Waals surface area contributed by atoms with Crippen LogP contribution in [-0.2, 0) is 16.0 Å². The quantitative estimate of drug-likeness (QED) is 0.712. The molecule has 4 aliphatic rings. The Balaban J connectivity index is 1.03. The number of carbonyl (C=O) groups is 3. The number of fused-ring (bicyclic) bond motifs is 1. The predicted octanol–water partition coefficient (Wildman–Crippen LogP) is 2.76. The first-order valence-corrected chi connectivity index (χ1v) is 13.2. The van der Waals surface area contributed by atoms with E-state index in [4.69, 9.17) is 4.74 Å². The highest BCUT2D eigenvalue weighted by atomic mass is 16.6. The number of hydrogen-bond acceptors (Lipinski definition) is 5. The average molecular weight is 484 g/mol. The fraction of sp³-hybridized carbons (Fsp3) is 0.654. The van der Waals surface area contributed by atoms with E-state index in [-0.39, 0.29) is 24.6 Å². The van der Waals surface area contributed by atoms with Crippen LogP contribution in [-0.4, -0.2) is 102 Å². The molecule has 1 N–H and O–H groups in total. The van der Waals surface area contributed by atoms with Crippen LogP contribution in [0.5, 0.6) is 0 Å². The van der Waals surface area contributed by atoms with Gasteiger partial charge >= 0.3 is 12.1 Å². The first-order valence-electron chi connectivity index (χ1n) is 13.2. The summed E-state index contributed by atoms with van der Waals surface area (Å²) in [6.45, 7) is 5.37. The number of piperidine rings is 2. The minimum atomic E-state index is -0.434. The molecule has 1 aromatic rings. The Hall–Kier alpha value is -2.81. The molecular formula is C26H37N5O4. The molecule has 4 heterocycles. The average Bonchev–Trinajstić information content (AvgIpc) is 3.38. The summed E-state index contributed by atoms with van der Waals surface area (Å²) in [5, 5.41) is 3.02. The Bertz CT molecular complexity index is 918. The summed E-state index contributed by atoms with van der Waals surface area (Å²) in [6, 6.07) is 8.51. The van der Waals surface area contributed by atoms with Crippen LogP contribution in [0.4, 0.5) is 15.3 Å². The molecule has 0 aromatic heterocycles. The maximum atomic E-state index is 12.8. The Morgan fingerprint density at radius 2 is 1.51 bits per heavy atom. The number of nitrogens with zero attached hydrogens (tertiary/aromatic N) is 4. The van der Waals surface area contributed by atoms with Crippen molar-refractivity contribution >= 4 is 23.7 Å². The summed E-state index contributed by atoms with van der Waals surface area (Å²) in [7, 11) is 0. The number of nitrogens with one attached hydrogen (secondary N) is 1. The standard InChI is InChI=1S/C26H37N5O4/c32-24(29-14-8-21(9-15-29)28-12-3-4-13-28)19-35-26(34)30-16-10-22(11-17-30)31-18-7-20-5-1-2-6-23(20)27-25(31)33/h1-2,5-6,21-22H,3-4,7-19H2,(H,27,33). The Kier molecular flexibility index (Phi) is 7.41. The second-order valence-electron chi connectivity index (χ2n) is 10.2. The van der Waals surface area contributed by atoms with Gasteiger partial charge in [0.05, 0.1) is 0 Å². The van der Waals surface area contributed by atoms with Gasteiger partial charge in [-0.05, 0) is 69.7 Å². The molecule has 9 heteroatoms. The van der Waals surface area contributed by atoms with Crippen molar-refractivity contribution in [2.75, 3.05) is 57.7 Å². The number of benzene rings is 1. The van der Waals surface area contributed by atoms with E-state index in [2.05, 4.69) is 16.3 Å². The molecule has 0 radical (unpaired) electrons. The molecule has 0 atom stereocenters. The van der Waals surface area contributed by atoms with Gasteiger partial charge in [-0.2, -0.15) is 0 Å². The third kappa shape index (κ3) is 5.55. The largest absolute Gasteiger partial charge is 0.439 e. The number of urea groups is 1. The molecule has 4 aliphatic heterocycles. The predicted molar refractivity (Wildman–Crippen MR) is 132 cm³/mol. The zero-order valence-corrected chi connectivity index (χ0v) is 20.5. The van der Waals surface area contributed by atoms with Crippen LogP contribution in [0.15, 0.2) is 24.3 Å². The van der Waals surface area contributed by atoms with E-state index < -0.39 is 6.09 Å². The number of carbonyl (C=O) groups excluding carboxylic acids is 3. The summed E-state index contributed by atoms with van der Waals surface area (Å²) < 4.78 is 5.38. The topological polar surface area (TPSA) is 85.4 Å². The zero-order valence-electron chi connectivity index (χ0n) is 20.5. The summed E-state index contributed by atoms with van der Waals surface area (Å²) in [4.78, 5) is 45.9. The minimum absolute atomic E-state index is 0.0740. The van der Waals surface area contributed by atoms with Crippen molar-refractivity contribution in [3.05, 3.63) is 29.8 Å². The maximum Gasteiger partial charge on any atom is 0.410 e. The Morgan fingerprint density at radius 1 is 0.857 bits per heavy atom. The number of rotatable bonds is 4. The zero-order chi connectivity index (χ0) is 24.2. The fourth-order valence-electron chi connectivity index (χ4n) is 5.99. The summed E-state index contributed by atoms with van der Waals surface area (Å²) in [5.41, 5.74) is 2.03. The summed E-state index contributed by atoms with van der Waals surface area (Å²) in [6.07, 6.45) is 6.36. The van der Waals surface area contributed by atoms with E-state index in [0.717, 1.165) is 43.6 Å². The van der Waals surface area contributed by atoms with E-state index in [1.54, 1.807) is 4.90 Å². The lowest BCUT2D eigenvalue weighted by Gasteiger charge is -2.38. The molecule has 3 saturated heterocycles. The molecule has 190 valence electrons. The molecule has 35 heavy (non-hydrogen) atoms. The highest BCUT2D eigenvalue weighted by molar-refractivity contribution is 5.91. The summed E-state index contributed by atoms with van der Waals surface area (Å²) in [5.74, 6) is -0.103. The van der Waals surface area contributed by atoms with E-state index in [1.165, 1.54) is 25.9 Å². The molecule has 4 amide bonds. The number of anilines is 1. The lowest BCUT2D eigenvalue weighted by Crippen LogP contribution is -2.50. The van der Waals surface area contributed by atoms with Crippen molar-refractivity contribution in [1.29, 1.82) is 0 Å². The smallest absolute Gasteiger partial charge is 0.410 e. The van der Waals surface area contributed by atoms with Crippen LogP contribution in [0.2, 0.25) is 0 Å². The number of ether oxygens (including phenoxy) is 1. The Morgan fingerprint density at radius 3 is 2.26 bits per heavy atom. The molecule has 3 fully saturated rings. The second-order valence-corrected chi connectivity index (χ2v) is 10.2. The second kappa shape index (κ2) is 10.8. The summed E-state index contributed by atoms with van der Waals surface area (Å²) >= 11 is 0. The fourth-order valence-corrected chi connectivity index (χ4v) is 5.99. The molecule has 5 rings (SSSR count). The van der Waals surface area contributed by atoms with Crippen molar-refractivity contribution in [3.8, 4) is 0 Å². The maximum absolute atomic E-state index is 12.8. The van der Waals surface area contributed by atoms with Crippen molar-refractivity contribution in [3.63, 3.8) is 0 Å². The molecule has 9 nitrogen and oxygen atoms in total. The highest BCUT2D eigenvalue weighted by Crippen LogP contribution is 2.25. The normalized spacial score (nSPS) is 22.5. The highest BCUT2D eigenvalue weighted by Gasteiger charge is 2.33. The van der Waals surface area contributed by atoms with Crippen LogP contribution in [0.1, 0.15) is 44.1 Å². The van der Waals surface area contributed by atoms with Crippen LogP contribution < -0.4 is 5.32 Å². The van der Waals surface area contributed by atoms with Gasteiger partial charge in [-0.1, -0.05) is 18.2 Å². The van der Waals surface area contributed by atoms with Gasteiger partial charge in [0.15, 0.2) is 6.61 Å². The third-order valence-corrected chi connectivity index (χ3v) is 8.10. The lowest BCUT2D eigenvalue weighted by molar-refractivity contribution is -0.136. The number of amides is 4. The first kappa shape index (κ1) is 23.9. The van der Waals surface area contributed by atoms with Gasteiger partial charge in [0.1, 0.15) is 0 Å². The van der Waals surface area contributed by atoms with Crippen LogP contribution in [0.3, 0.4) is 0 Å². The number of hydrogen-bond donors (Lipinski definition) is 1. The number of likely N-dealkylation sites (tertiary alicyclic amines) is 3. The van der Waals surface area contributed by atoms with E-state index in [1.807, 2.05) is 28.0 Å². The molecule has 0 spiro atoms. The van der Waals surface area contributed by atoms with Crippen LogP contribution >= 0.6 is 0 Å². The van der Waals surface area contributed by atoms with Gasteiger partial charge in [-0.25, -0.2) is 9.59 Å². The van der Waals surface area contributed by atoms with Gasteiger partial charge in [-0.15, -0.1) is 0 Å². The van der Waals surface area contributed by atoms with Gasteiger partial charge in [-0.3, -0.25) is 4.79 Å². The van der Waals surface area contributed by atoms with E-state index >= 15 is 0 Å². The van der Waals surface area contributed by atoms with Crippen LogP contribution in [0.25, 0.3) is 0 Å². The van der Waals surface area contributed by atoms with Crippen LogP contribution in [0, 0.1) is 0 Å². The molecule has 0 aliphatic carbocycles. The lowest BCUT2D eigenvalue weighted by atomic mass is 10.0. The van der Waals surface area contributed by atoms with Gasteiger partial charge in [0.25, 0.3) is 5.91 Å². The Labute approximate surface area is 207 Å². The molecule has 0 saturated carbocycles. The minimum Gasteiger partial charge on any atom is -0.439 e. The van der Waals surface area contributed by atoms with Crippen molar-refractivity contribution < 1.29 is 19.1 Å². The van der Waals surface area contributed by atoms with Gasteiger partial charge in [0, 0.05) is 50.5 Å². The van der Waals surface area contributed by atoms with Gasteiger partial charge in [0.2, 0.25) is 0 Å². The van der Waals surface area contributed by atoms with E-state index in [9.17, 15) is 14.4 Å². The molecule has 1 aromatic carbocycles. The first-order chi connectivity index (χ1) is 17.1. The third-order valence-electron chi connectivity index (χ3n) is 8.10. The van der Waals surface area contributed by atoms with Crippen molar-refractivity contribution in [2.45, 2.75) is 57.0 Å². The SMILES string of the molecule is O=C(COC(=O)N1CCC(N2CCc3ccccc3NC2=O)CC1)N1CCC(N2CCCC2)CC1. The molecular weight excluding hydrogens is 446 g/mol.